The number of anilines is 1. The van der Waals surface area contributed by atoms with Gasteiger partial charge in [-0.05, 0) is 23.6 Å². The summed E-state index contributed by atoms with van der Waals surface area (Å²) >= 11 is 1.25. The van der Waals surface area contributed by atoms with Crippen LogP contribution in [-0.4, -0.2) is 29.2 Å². The standard InChI is InChI=1S/C18H20F3N3O3S/c1-10(2)15(23-11(3)25)16(26)24-17-22-9-14(28-17)8-12-4-6-13(7-5-12)27-18(19,20)21/h4-7,9-10,15H,8H2,1-3H3,(H,23,25)(H,22,24,26)/t15-/m0/s1. The Kier molecular flexibility index (Phi) is 7.00. The Bertz CT molecular complexity index is 819. The number of halogens is 3. The smallest absolute Gasteiger partial charge is 0.406 e. The Morgan fingerprint density at radius 2 is 1.86 bits per heavy atom. The fraction of sp³-hybridized carbons (Fsp3) is 0.389. The van der Waals surface area contributed by atoms with E-state index in [1.165, 1.54) is 42.5 Å². The molecule has 2 amide bonds. The Hall–Kier alpha value is -2.62. The third-order valence-electron chi connectivity index (χ3n) is 3.63. The van der Waals surface area contributed by atoms with Gasteiger partial charge in [0.1, 0.15) is 11.8 Å². The summed E-state index contributed by atoms with van der Waals surface area (Å²) in [6.45, 7) is 4.98. The first-order valence-corrected chi connectivity index (χ1v) is 9.22. The maximum absolute atomic E-state index is 12.3. The molecule has 0 saturated carbocycles. The molecule has 0 radical (unpaired) electrons. The van der Waals surface area contributed by atoms with Crippen LogP contribution in [0.5, 0.6) is 5.75 Å². The number of nitrogens with one attached hydrogen (secondary N) is 2. The minimum atomic E-state index is -4.72. The van der Waals surface area contributed by atoms with Gasteiger partial charge in [-0.25, -0.2) is 4.98 Å². The van der Waals surface area contributed by atoms with Crippen molar-refractivity contribution >= 4 is 28.3 Å². The van der Waals surface area contributed by atoms with Gasteiger partial charge in [0.2, 0.25) is 11.8 Å². The number of ether oxygens (including phenoxy) is 1. The highest BCUT2D eigenvalue weighted by atomic mass is 32.1. The lowest BCUT2D eigenvalue weighted by Crippen LogP contribution is -2.46. The highest BCUT2D eigenvalue weighted by Gasteiger charge is 2.31. The molecule has 0 fully saturated rings. The molecule has 0 aliphatic heterocycles. The monoisotopic (exact) mass is 415 g/mol. The summed E-state index contributed by atoms with van der Waals surface area (Å²) in [4.78, 5) is 28.6. The van der Waals surface area contributed by atoms with Gasteiger partial charge < -0.3 is 15.4 Å². The summed E-state index contributed by atoms with van der Waals surface area (Å²) in [7, 11) is 0. The molecule has 0 saturated heterocycles. The Morgan fingerprint density at radius 1 is 1.21 bits per heavy atom. The molecule has 0 aliphatic rings. The number of hydrogen-bond donors (Lipinski definition) is 2. The molecule has 2 aromatic rings. The van der Waals surface area contributed by atoms with Gasteiger partial charge in [-0.3, -0.25) is 9.59 Å². The lowest BCUT2D eigenvalue weighted by Gasteiger charge is -2.20. The fourth-order valence-electron chi connectivity index (χ4n) is 2.39. The number of hydrogen-bond acceptors (Lipinski definition) is 5. The molecule has 6 nitrogen and oxygen atoms in total. The van der Waals surface area contributed by atoms with Crippen LogP contribution < -0.4 is 15.4 Å². The minimum Gasteiger partial charge on any atom is -0.406 e. The number of carbonyl (C=O) groups excluding carboxylic acids is 2. The number of carbonyl (C=O) groups is 2. The van der Waals surface area contributed by atoms with E-state index in [0.29, 0.717) is 11.6 Å². The van der Waals surface area contributed by atoms with Gasteiger partial charge in [0, 0.05) is 24.4 Å². The van der Waals surface area contributed by atoms with Gasteiger partial charge >= 0.3 is 6.36 Å². The molecule has 2 N–H and O–H groups in total. The van der Waals surface area contributed by atoms with Crippen molar-refractivity contribution in [2.75, 3.05) is 5.32 Å². The molecule has 0 aliphatic carbocycles. The number of rotatable bonds is 7. The Morgan fingerprint density at radius 3 is 2.39 bits per heavy atom. The first-order chi connectivity index (χ1) is 13.0. The van der Waals surface area contributed by atoms with Crippen molar-refractivity contribution in [2.45, 2.75) is 39.6 Å². The predicted molar refractivity (Wildman–Crippen MR) is 99.1 cm³/mol. The second-order valence-corrected chi connectivity index (χ2v) is 7.53. The van der Waals surface area contributed by atoms with E-state index in [2.05, 4.69) is 20.4 Å². The van der Waals surface area contributed by atoms with Crippen LogP contribution in [-0.2, 0) is 16.0 Å². The van der Waals surface area contributed by atoms with Gasteiger partial charge in [-0.1, -0.05) is 26.0 Å². The van der Waals surface area contributed by atoms with Crippen LogP contribution in [0.2, 0.25) is 0 Å². The molecule has 10 heteroatoms. The van der Waals surface area contributed by atoms with E-state index in [0.717, 1.165) is 10.4 Å². The molecule has 0 bridgehead atoms. The van der Waals surface area contributed by atoms with Crippen LogP contribution in [0.25, 0.3) is 0 Å². The molecule has 1 aromatic carbocycles. The van der Waals surface area contributed by atoms with Gasteiger partial charge in [0.05, 0.1) is 0 Å². The van der Waals surface area contributed by atoms with Crippen LogP contribution in [0, 0.1) is 5.92 Å². The molecule has 1 aromatic heterocycles. The van der Waals surface area contributed by atoms with Crippen LogP contribution >= 0.6 is 11.3 Å². The number of nitrogens with zero attached hydrogens (tertiary/aromatic N) is 1. The van der Waals surface area contributed by atoms with Crippen LogP contribution in [0.4, 0.5) is 18.3 Å². The van der Waals surface area contributed by atoms with Crippen molar-refractivity contribution in [1.82, 2.24) is 10.3 Å². The third-order valence-corrected chi connectivity index (χ3v) is 4.54. The van der Waals surface area contributed by atoms with E-state index in [1.54, 1.807) is 6.20 Å². The summed E-state index contributed by atoms with van der Waals surface area (Å²) in [5.74, 6) is -1.04. The van der Waals surface area contributed by atoms with Crippen molar-refractivity contribution in [1.29, 1.82) is 0 Å². The lowest BCUT2D eigenvalue weighted by atomic mass is 10.0. The summed E-state index contributed by atoms with van der Waals surface area (Å²) in [6.07, 6.45) is -2.69. The highest BCUT2D eigenvalue weighted by molar-refractivity contribution is 7.15. The van der Waals surface area contributed by atoms with Gasteiger partial charge in [-0.2, -0.15) is 0 Å². The van der Waals surface area contributed by atoms with E-state index in [9.17, 15) is 22.8 Å². The molecular weight excluding hydrogens is 395 g/mol. The van der Waals surface area contributed by atoms with E-state index in [4.69, 9.17) is 0 Å². The van der Waals surface area contributed by atoms with Crippen molar-refractivity contribution in [3.63, 3.8) is 0 Å². The van der Waals surface area contributed by atoms with Crippen LogP contribution in [0.15, 0.2) is 30.5 Å². The molecule has 0 unspecified atom stereocenters. The second kappa shape index (κ2) is 9.05. The Balaban J connectivity index is 1.98. The van der Waals surface area contributed by atoms with Gasteiger partial charge in [0.25, 0.3) is 0 Å². The minimum absolute atomic E-state index is 0.0965. The maximum atomic E-state index is 12.3. The van der Waals surface area contributed by atoms with Crippen LogP contribution in [0.3, 0.4) is 0 Å². The average Bonchev–Trinajstić information content (AvgIpc) is 2.99. The number of thiazole rings is 1. The van der Waals surface area contributed by atoms with E-state index < -0.39 is 12.4 Å². The summed E-state index contributed by atoms with van der Waals surface area (Å²) < 4.78 is 40.4. The third kappa shape index (κ3) is 6.84. The first kappa shape index (κ1) is 21.7. The van der Waals surface area contributed by atoms with Crippen molar-refractivity contribution in [3.8, 4) is 5.75 Å². The number of benzene rings is 1. The molecule has 28 heavy (non-hydrogen) atoms. The number of alkyl halides is 3. The zero-order valence-corrected chi connectivity index (χ0v) is 16.3. The topological polar surface area (TPSA) is 80.3 Å². The molecule has 0 spiro atoms. The van der Waals surface area contributed by atoms with Gasteiger partial charge in [-0.15, -0.1) is 24.5 Å². The summed E-state index contributed by atoms with van der Waals surface area (Å²) in [6, 6.07) is 4.88. The largest absolute Gasteiger partial charge is 0.573 e. The maximum Gasteiger partial charge on any atom is 0.573 e. The first-order valence-electron chi connectivity index (χ1n) is 8.41. The summed E-state index contributed by atoms with van der Waals surface area (Å²) in [5.41, 5.74) is 0.773. The van der Waals surface area contributed by atoms with Gasteiger partial charge in [0.15, 0.2) is 5.13 Å². The number of amides is 2. The highest BCUT2D eigenvalue weighted by Crippen LogP contribution is 2.25. The predicted octanol–water partition coefficient (Wildman–Crippen LogP) is 3.73. The second-order valence-electron chi connectivity index (χ2n) is 6.41. The Labute approximate surface area is 164 Å². The molecule has 152 valence electrons. The lowest BCUT2D eigenvalue weighted by molar-refractivity contribution is -0.274. The van der Waals surface area contributed by atoms with E-state index >= 15 is 0 Å². The average molecular weight is 415 g/mol. The number of aromatic nitrogens is 1. The SMILES string of the molecule is CC(=O)N[C@H](C(=O)Nc1ncc(Cc2ccc(OC(F)(F)F)cc2)s1)C(C)C. The fourth-order valence-corrected chi connectivity index (χ4v) is 3.24. The zero-order valence-electron chi connectivity index (χ0n) is 15.5. The normalized spacial score (nSPS) is 12.5. The van der Waals surface area contributed by atoms with Crippen molar-refractivity contribution < 1.29 is 27.5 Å². The molecule has 1 heterocycles. The van der Waals surface area contributed by atoms with Crippen LogP contribution in [0.1, 0.15) is 31.2 Å². The van der Waals surface area contributed by atoms with E-state index in [-0.39, 0.29) is 23.5 Å². The molecular formula is C18H20F3N3O3S. The summed E-state index contributed by atoms with van der Waals surface area (Å²) in [5, 5.41) is 5.66. The van der Waals surface area contributed by atoms with Crippen molar-refractivity contribution in [2.24, 2.45) is 5.92 Å². The molecule has 2 rings (SSSR count). The van der Waals surface area contributed by atoms with E-state index in [1.807, 2.05) is 13.8 Å². The molecule has 1 atom stereocenters. The zero-order chi connectivity index (χ0) is 20.9. The quantitative estimate of drug-likeness (QED) is 0.722. The van der Waals surface area contributed by atoms with Crippen molar-refractivity contribution in [3.05, 3.63) is 40.9 Å².